The Kier molecular flexibility index (Phi) is 3.54. The Labute approximate surface area is 76.3 Å². The molecule has 0 aliphatic carbocycles. The summed E-state index contributed by atoms with van der Waals surface area (Å²) in [4.78, 5) is 8.09. The number of amidine groups is 1. The summed E-state index contributed by atoms with van der Waals surface area (Å²) >= 11 is 5.44. The molecule has 0 saturated carbocycles. The van der Waals surface area contributed by atoms with Crippen molar-refractivity contribution in [1.82, 2.24) is 4.98 Å². The van der Waals surface area contributed by atoms with Gasteiger partial charge in [0, 0.05) is 6.20 Å². The zero-order valence-electron chi connectivity index (χ0n) is 6.57. The summed E-state index contributed by atoms with van der Waals surface area (Å²) in [7, 11) is 0. The lowest BCUT2D eigenvalue weighted by molar-refractivity contribution is 0.985. The summed E-state index contributed by atoms with van der Waals surface area (Å²) in [5.41, 5.74) is 6.31. The van der Waals surface area contributed by atoms with E-state index in [1.54, 1.807) is 6.20 Å². The van der Waals surface area contributed by atoms with Crippen LogP contribution in [0.15, 0.2) is 29.4 Å². The van der Waals surface area contributed by atoms with Crippen molar-refractivity contribution in [3.8, 4) is 0 Å². The summed E-state index contributed by atoms with van der Waals surface area (Å²) in [6.45, 7) is 0.499. The molecule has 0 bridgehead atoms. The molecule has 0 aromatic carbocycles. The molecular weight excluding hydrogens is 174 g/mol. The smallest absolute Gasteiger partial charge is 0.109 e. The van der Waals surface area contributed by atoms with Gasteiger partial charge in [-0.15, -0.1) is 11.6 Å². The molecule has 0 unspecified atom stereocenters. The molecule has 0 fully saturated rings. The lowest BCUT2D eigenvalue weighted by Gasteiger charge is -1.95. The van der Waals surface area contributed by atoms with Crippen LogP contribution >= 0.6 is 11.6 Å². The summed E-state index contributed by atoms with van der Waals surface area (Å²) in [5.74, 6) is 0.717. The third-order valence-electron chi connectivity index (χ3n) is 1.31. The first kappa shape index (κ1) is 9.00. The number of nitrogens with zero attached hydrogens (tertiary/aromatic N) is 2. The minimum atomic E-state index is 0.271. The van der Waals surface area contributed by atoms with Crippen LogP contribution in [0.3, 0.4) is 0 Å². The second-order valence-electron chi connectivity index (χ2n) is 2.26. The number of halogens is 1. The van der Waals surface area contributed by atoms with Crippen LogP contribution < -0.4 is 5.73 Å². The lowest BCUT2D eigenvalue weighted by atomic mass is 10.3. The van der Waals surface area contributed by atoms with Gasteiger partial charge in [-0.1, -0.05) is 6.07 Å². The van der Waals surface area contributed by atoms with E-state index in [1.807, 2.05) is 18.2 Å². The van der Waals surface area contributed by atoms with Gasteiger partial charge in [0.05, 0.1) is 18.1 Å². The van der Waals surface area contributed by atoms with E-state index in [-0.39, 0.29) is 5.88 Å². The molecule has 1 aromatic heterocycles. The van der Waals surface area contributed by atoms with E-state index in [9.17, 15) is 0 Å². The molecule has 1 aromatic rings. The Hall–Kier alpha value is -1.09. The van der Waals surface area contributed by atoms with Gasteiger partial charge < -0.3 is 5.73 Å². The van der Waals surface area contributed by atoms with Gasteiger partial charge in [-0.3, -0.25) is 9.98 Å². The van der Waals surface area contributed by atoms with Crippen LogP contribution in [0.5, 0.6) is 0 Å². The van der Waals surface area contributed by atoms with E-state index in [2.05, 4.69) is 9.98 Å². The molecule has 0 atom stereocenters. The number of alkyl halides is 1. The van der Waals surface area contributed by atoms with E-state index in [1.165, 1.54) is 0 Å². The van der Waals surface area contributed by atoms with Crippen LogP contribution in [0.4, 0.5) is 0 Å². The predicted octanol–water partition coefficient (Wildman–Crippen LogP) is 1.18. The molecule has 1 rings (SSSR count). The van der Waals surface area contributed by atoms with E-state index in [0.717, 1.165) is 5.69 Å². The van der Waals surface area contributed by atoms with Gasteiger partial charge in [0.25, 0.3) is 0 Å². The molecule has 0 aliphatic heterocycles. The average molecular weight is 184 g/mol. The number of hydrogen-bond acceptors (Lipinski definition) is 2. The molecule has 0 radical (unpaired) electrons. The SMILES string of the molecule is NC(CCl)=NCc1ccccn1. The third kappa shape index (κ3) is 2.88. The quantitative estimate of drug-likeness (QED) is 0.435. The normalized spacial score (nSPS) is 11.6. The van der Waals surface area contributed by atoms with Crippen molar-refractivity contribution >= 4 is 17.4 Å². The molecule has 0 aliphatic rings. The molecule has 0 spiro atoms. The first-order valence-electron chi connectivity index (χ1n) is 3.57. The standard InChI is InChI=1S/C8H10ClN3/c9-5-8(10)12-6-7-3-1-2-4-11-7/h1-4H,5-6H2,(H2,10,12). The summed E-state index contributed by atoms with van der Waals surface area (Å²) < 4.78 is 0. The van der Waals surface area contributed by atoms with Crippen LogP contribution in [-0.4, -0.2) is 16.7 Å². The van der Waals surface area contributed by atoms with Crippen LogP contribution in [0.1, 0.15) is 5.69 Å². The maximum absolute atomic E-state index is 5.44. The highest BCUT2D eigenvalue weighted by Crippen LogP contribution is 1.95. The van der Waals surface area contributed by atoms with Gasteiger partial charge in [0.15, 0.2) is 0 Å². The Morgan fingerprint density at radius 2 is 2.42 bits per heavy atom. The molecule has 64 valence electrons. The zero-order chi connectivity index (χ0) is 8.81. The van der Waals surface area contributed by atoms with Crippen molar-refractivity contribution < 1.29 is 0 Å². The van der Waals surface area contributed by atoms with Gasteiger partial charge in [0.2, 0.25) is 0 Å². The fraction of sp³-hybridized carbons (Fsp3) is 0.250. The van der Waals surface area contributed by atoms with Crippen LogP contribution in [-0.2, 0) is 6.54 Å². The van der Waals surface area contributed by atoms with Crippen molar-refractivity contribution in [2.45, 2.75) is 6.54 Å². The van der Waals surface area contributed by atoms with E-state index < -0.39 is 0 Å². The molecule has 4 heteroatoms. The molecule has 12 heavy (non-hydrogen) atoms. The molecule has 1 heterocycles. The molecule has 0 saturated heterocycles. The number of nitrogens with two attached hydrogens (primary N) is 1. The monoisotopic (exact) mass is 183 g/mol. The van der Waals surface area contributed by atoms with Crippen LogP contribution in [0.2, 0.25) is 0 Å². The maximum atomic E-state index is 5.44. The van der Waals surface area contributed by atoms with Crippen molar-refractivity contribution in [3.63, 3.8) is 0 Å². The largest absolute Gasteiger partial charge is 0.386 e. The van der Waals surface area contributed by atoms with Crippen molar-refractivity contribution in [2.75, 3.05) is 5.88 Å². The Bertz CT molecular complexity index is 258. The highest BCUT2D eigenvalue weighted by molar-refractivity contribution is 6.27. The van der Waals surface area contributed by atoms with Crippen LogP contribution in [0.25, 0.3) is 0 Å². The average Bonchev–Trinajstić information content (AvgIpc) is 2.16. The molecular formula is C8H10ClN3. The number of rotatable bonds is 3. The second-order valence-corrected chi connectivity index (χ2v) is 2.53. The minimum Gasteiger partial charge on any atom is -0.386 e. The zero-order valence-corrected chi connectivity index (χ0v) is 7.33. The lowest BCUT2D eigenvalue weighted by Crippen LogP contribution is -2.13. The minimum absolute atomic E-state index is 0.271. The Morgan fingerprint density at radius 3 is 3.00 bits per heavy atom. The van der Waals surface area contributed by atoms with Gasteiger partial charge >= 0.3 is 0 Å². The molecule has 0 amide bonds. The van der Waals surface area contributed by atoms with Crippen molar-refractivity contribution in [2.24, 2.45) is 10.7 Å². The van der Waals surface area contributed by atoms with Gasteiger partial charge in [0.1, 0.15) is 5.84 Å². The number of pyridine rings is 1. The number of aliphatic imine (C=N–C) groups is 1. The molecule has 3 nitrogen and oxygen atoms in total. The first-order valence-corrected chi connectivity index (χ1v) is 4.11. The van der Waals surface area contributed by atoms with E-state index in [0.29, 0.717) is 12.4 Å². The van der Waals surface area contributed by atoms with E-state index >= 15 is 0 Å². The number of hydrogen-bond donors (Lipinski definition) is 1. The third-order valence-corrected chi connectivity index (χ3v) is 1.58. The highest BCUT2D eigenvalue weighted by Gasteiger charge is 1.90. The molecule has 2 N–H and O–H groups in total. The van der Waals surface area contributed by atoms with Gasteiger partial charge in [-0.05, 0) is 12.1 Å². The highest BCUT2D eigenvalue weighted by atomic mass is 35.5. The summed E-state index contributed by atoms with van der Waals surface area (Å²) in [5, 5.41) is 0. The second kappa shape index (κ2) is 4.72. The Morgan fingerprint density at radius 1 is 1.58 bits per heavy atom. The fourth-order valence-electron chi connectivity index (χ4n) is 0.716. The fourth-order valence-corrected chi connectivity index (χ4v) is 0.801. The van der Waals surface area contributed by atoms with E-state index in [4.69, 9.17) is 17.3 Å². The first-order chi connectivity index (χ1) is 5.83. The topological polar surface area (TPSA) is 51.3 Å². The summed E-state index contributed by atoms with van der Waals surface area (Å²) in [6.07, 6.45) is 1.72. The van der Waals surface area contributed by atoms with Gasteiger partial charge in [-0.25, -0.2) is 0 Å². The maximum Gasteiger partial charge on any atom is 0.109 e. The Balaban J connectivity index is 2.54. The predicted molar refractivity (Wildman–Crippen MR) is 50.3 cm³/mol. The summed E-state index contributed by atoms with van der Waals surface area (Å²) in [6, 6.07) is 5.66. The van der Waals surface area contributed by atoms with Gasteiger partial charge in [-0.2, -0.15) is 0 Å². The van der Waals surface area contributed by atoms with Crippen molar-refractivity contribution in [3.05, 3.63) is 30.1 Å². The number of aromatic nitrogens is 1. The van der Waals surface area contributed by atoms with Crippen molar-refractivity contribution in [1.29, 1.82) is 0 Å². The van der Waals surface area contributed by atoms with Crippen LogP contribution in [0, 0.1) is 0 Å².